The van der Waals surface area contributed by atoms with Gasteiger partial charge in [0.2, 0.25) is 0 Å². The van der Waals surface area contributed by atoms with Crippen molar-refractivity contribution in [2.45, 2.75) is 20.4 Å². The largest absolute Gasteiger partial charge is 0.264 e. The molecular weight excluding hydrogens is 408 g/mol. The van der Waals surface area contributed by atoms with E-state index in [4.69, 9.17) is 21.7 Å². The summed E-state index contributed by atoms with van der Waals surface area (Å²) in [6, 6.07) is 11.8. The van der Waals surface area contributed by atoms with Gasteiger partial charge in [-0.05, 0) is 49.4 Å². The van der Waals surface area contributed by atoms with Crippen molar-refractivity contribution in [3.05, 3.63) is 80.9 Å². The average molecular weight is 427 g/mol. The molecule has 0 fully saturated rings. The first kappa shape index (κ1) is 19.2. The number of nitrogens with zero attached hydrogens (tertiary/aromatic N) is 4. The number of halogens is 1. The third kappa shape index (κ3) is 3.72. The maximum atomic E-state index is 6.29. The molecule has 2 aromatic heterocycles. The van der Waals surface area contributed by atoms with Gasteiger partial charge in [-0.2, -0.15) is 5.10 Å². The fourth-order valence-corrected chi connectivity index (χ4v) is 4.86. The van der Waals surface area contributed by atoms with E-state index in [0.717, 1.165) is 32.6 Å². The van der Waals surface area contributed by atoms with E-state index < -0.39 is 0 Å². The number of rotatable bonds is 3. The Morgan fingerprint density at radius 2 is 2.04 bits per heavy atom. The highest BCUT2D eigenvalue weighted by atomic mass is 35.5. The van der Waals surface area contributed by atoms with Crippen LogP contribution >= 0.6 is 34.7 Å². The number of hydrogen-bond acceptors (Lipinski definition) is 6. The van der Waals surface area contributed by atoms with Crippen molar-refractivity contribution in [2.24, 2.45) is 10.1 Å². The molecule has 7 heteroatoms. The monoisotopic (exact) mass is 426 g/mol. The molecule has 28 heavy (non-hydrogen) atoms. The third-order valence-corrected chi connectivity index (χ3v) is 6.58. The number of amidine groups is 1. The summed E-state index contributed by atoms with van der Waals surface area (Å²) >= 11 is 9.59. The van der Waals surface area contributed by atoms with Gasteiger partial charge < -0.3 is 0 Å². The van der Waals surface area contributed by atoms with Crippen LogP contribution < -0.4 is 0 Å². The highest BCUT2D eigenvalue weighted by molar-refractivity contribution is 8.13. The smallest absolute Gasteiger partial charge is 0.185 e. The Balaban J connectivity index is 1.90. The zero-order valence-corrected chi connectivity index (χ0v) is 18.2. The summed E-state index contributed by atoms with van der Waals surface area (Å²) < 4.78 is 0. The zero-order valence-electron chi connectivity index (χ0n) is 15.8. The highest BCUT2D eigenvalue weighted by Gasteiger charge is 2.25. The van der Waals surface area contributed by atoms with Crippen molar-refractivity contribution < 1.29 is 0 Å². The van der Waals surface area contributed by atoms with Crippen molar-refractivity contribution in [3.8, 4) is 0 Å². The maximum absolute atomic E-state index is 6.29. The first-order valence-electron chi connectivity index (χ1n) is 8.81. The second kappa shape index (κ2) is 8.07. The third-order valence-electron chi connectivity index (χ3n) is 4.58. The molecule has 0 spiro atoms. The van der Waals surface area contributed by atoms with Gasteiger partial charge in [-0.3, -0.25) is 4.98 Å². The minimum atomic E-state index is 0.602. The Morgan fingerprint density at radius 1 is 1.18 bits per heavy atom. The maximum Gasteiger partial charge on any atom is 0.185 e. The fraction of sp³-hybridized carbons (Fsp3) is 0.190. The van der Waals surface area contributed by atoms with Gasteiger partial charge in [-0.25, -0.2) is 10.0 Å². The normalized spacial score (nSPS) is 13.6. The Kier molecular flexibility index (Phi) is 5.53. The predicted molar refractivity (Wildman–Crippen MR) is 121 cm³/mol. The number of aryl methyl sites for hydroxylation is 1. The minimum absolute atomic E-state index is 0.602. The molecule has 3 heterocycles. The van der Waals surface area contributed by atoms with Gasteiger partial charge in [0.1, 0.15) is 10.7 Å². The molecule has 0 N–H and O–H groups in total. The molecule has 0 radical (unpaired) electrons. The molecular formula is C21H19ClN4S2. The van der Waals surface area contributed by atoms with Gasteiger partial charge in [0.05, 0.1) is 6.54 Å². The molecule has 1 aliphatic heterocycles. The zero-order chi connectivity index (χ0) is 19.7. The van der Waals surface area contributed by atoms with E-state index in [1.807, 2.05) is 47.8 Å². The number of hydrogen-bond donors (Lipinski definition) is 0. The molecule has 1 aliphatic rings. The quantitative estimate of drug-likeness (QED) is 0.513. The number of thiophene rings is 1. The molecule has 142 valence electrons. The molecule has 4 nitrogen and oxygen atoms in total. The van der Waals surface area contributed by atoms with Gasteiger partial charge in [-0.1, -0.05) is 41.6 Å². The number of hydrazone groups is 1. The van der Waals surface area contributed by atoms with E-state index >= 15 is 0 Å². The Morgan fingerprint density at radius 3 is 2.75 bits per heavy atom. The Labute approximate surface area is 178 Å². The van der Waals surface area contributed by atoms with Crippen LogP contribution in [0.2, 0.25) is 5.02 Å². The van der Waals surface area contributed by atoms with Gasteiger partial charge in [0.15, 0.2) is 5.17 Å². The summed E-state index contributed by atoms with van der Waals surface area (Å²) in [5, 5.41) is 9.58. The van der Waals surface area contributed by atoms with Crippen LogP contribution in [0.15, 0.2) is 58.9 Å². The van der Waals surface area contributed by atoms with Crippen molar-refractivity contribution in [1.82, 2.24) is 9.99 Å². The van der Waals surface area contributed by atoms with E-state index in [1.165, 1.54) is 10.4 Å². The Hall–Kier alpha value is -2.15. The number of fused-ring (bicyclic) bond motifs is 1. The molecule has 0 saturated heterocycles. The lowest BCUT2D eigenvalue weighted by Crippen LogP contribution is -2.24. The molecule has 4 rings (SSSR count). The summed E-state index contributed by atoms with van der Waals surface area (Å²) in [4.78, 5) is 10.5. The van der Waals surface area contributed by atoms with Crippen LogP contribution in [0, 0.1) is 13.8 Å². The van der Waals surface area contributed by atoms with Crippen molar-refractivity contribution >= 4 is 50.6 Å². The summed E-state index contributed by atoms with van der Waals surface area (Å²) in [6.07, 6.45) is 5.67. The molecule has 0 unspecified atom stereocenters. The fourth-order valence-electron chi connectivity index (χ4n) is 3.08. The second-order valence-corrected chi connectivity index (χ2v) is 8.85. The Bertz CT molecular complexity index is 1070. The van der Waals surface area contributed by atoms with Crippen LogP contribution in [0.4, 0.5) is 5.00 Å². The van der Waals surface area contributed by atoms with Crippen LogP contribution in [0.1, 0.15) is 27.1 Å². The summed E-state index contributed by atoms with van der Waals surface area (Å²) in [5.41, 5.74) is 5.27. The SMILES string of the molecule is CSC1=Nc2sc(C)c(C)c2C(c2cccc(Cl)c2)=NN1Cc1cccnc1. The molecule has 0 atom stereocenters. The van der Waals surface area contributed by atoms with Gasteiger partial charge in [0, 0.05) is 33.4 Å². The van der Waals surface area contributed by atoms with Crippen LogP contribution in [-0.4, -0.2) is 27.1 Å². The van der Waals surface area contributed by atoms with E-state index in [1.54, 1.807) is 29.3 Å². The molecule has 0 aliphatic carbocycles. The lowest BCUT2D eigenvalue weighted by Gasteiger charge is -2.19. The standard InChI is InChI=1S/C21H19ClN4S2/c1-13-14(2)28-20-18(13)19(16-7-4-8-17(22)10-16)25-26(21(24-20)27-3)12-15-6-5-9-23-11-15/h4-11H,12H2,1-3H3. The van der Waals surface area contributed by atoms with E-state index in [9.17, 15) is 0 Å². The lowest BCUT2D eigenvalue weighted by molar-refractivity contribution is 0.449. The minimum Gasteiger partial charge on any atom is -0.264 e. The van der Waals surface area contributed by atoms with Gasteiger partial charge in [-0.15, -0.1) is 11.3 Å². The molecule has 0 bridgehead atoms. The number of thioether (sulfide) groups is 1. The van der Waals surface area contributed by atoms with Gasteiger partial charge >= 0.3 is 0 Å². The van der Waals surface area contributed by atoms with E-state index in [2.05, 4.69) is 24.9 Å². The van der Waals surface area contributed by atoms with E-state index in [0.29, 0.717) is 11.6 Å². The molecule has 0 saturated carbocycles. The molecule has 1 aromatic carbocycles. The number of aliphatic imine (C=N–C) groups is 1. The predicted octanol–water partition coefficient (Wildman–Crippen LogP) is 6.03. The van der Waals surface area contributed by atoms with Crippen LogP contribution in [-0.2, 0) is 6.54 Å². The highest BCUT2D eigenvalue weighted by Crippen LogP contribution is 2.39. The van der Waals surface area contributed by atoms with Crippen LogP contribution in [0.5, 0.6) is 0 Å². The average Bonchev–Trinajstić information content (AvgIpc) is 2.88. The number of benzene rings is 1. The topological polar surface area (TPSA) is 40.9 Å². The van der Waals surface area contributed by atoms with Crippen LogP contribution in [0.25, 0.3) is 0 Å². The summed E-state index contributed by atoms with van der Waals surface area (Å²) in [5.74, 6) is 0. The number of aromatic nitrogens is 1. The molecule has 3 aromatic rings. The van der Waals surface area contributed by atoms with E-state index in [-0.39, 0.29) is 0 Å². The molecule has 0 amide bonds. The van der Waals surface area contributed by atoms with Gasteiger partial charge in [0.25, 0.3) is 0 Å². The second-order valence-electron chi connectivity index (χ2n) is 6.44. The van der Waals surface area contributed by atoms with Crippen molar-refractivity contribution in [1.29, 1.82) is 0 Å². The summed E-state index contributed by atoms with van der Waals surface area (Å²) in [7, 11) is 0. The first-order valence-corrected chi connectivity index (χ1v) is 11.2. The van der Waals surface area contributed by atoms with Crippen molar-refractivity contribution in [3.63, 3.8) is 0 Å². The lowest BCUT2D eigenvalue weighted by atomic mass is 10.0. The number of pyridine rings is 1. The first-order chi connectivity index (χ1) is 13.6. The van der Waals surface area contributed by atoms with Crippen LogP contribution in [0.3, 0.4) is 0 Å². The summed E-state index contributed by atoms with van der Waals surface area (Å²) in [6.45, 7) is 4.87. The van der Waals surface area contributed by atoms with Crippen molar-refractivity contribution in [2.75, 3.05) is 6.26 Å².